The van der Waals surface area contributed by atoms with Crippen LogP contribution in [0, 0.1) is 16.2 Å². The van der Waals surface area contributed by atoms with Gasteiger partial charge in [0.2, 0.25) is 0 Å². The smallest absolute Gasteiger partial charge is 0.258 e. The van der Waals surface area contributed by atoms with E-state index in [1.165, 1.54) is 12.3 Å². The minimum absolute atomic E-state index is 0.00657. The molecular formula is C9H5N2O2. The molecule has 0 amide bonds. The minimum Gasteiger partial charge on any atom is -0.258 e. The molecule has 13 heavy (non-hydrogen) atoms. The second-order valence-corrected chi connectivity index (χ2v) is 2.57. The van der Waals surface area contributed by atoms with Crippen molar-refractivity contribution in [3.63, 3.8) is 0 Å². The highest BCUT2D eigenvalue weighted by Gasteiger charge is 2.05. The molecule has 0 fully saturated rings. The van der Waals surface area contributed by atoms with Crippen molar-refractivity contribution in [1.82, 2.24) is 4.98 Å². The molecule has 4 heteroatoms. The van der Waals surface area contributed by atoms with Gasteiger partial charge in [-0.05, 0) is 18.2 Å². The minimum atomic E-state index is -0.459. The molecule has 0 aliphatic carbocycles. The van der Waals surface area contributed by atoms with Gasteiger partial charge >= 0.3 is 0 Å². The van der Waals surface area contributed by atoms with Crippen molar-refractivity contribution in [2.24, 2.45) is 0 Å². The van der Waals surface area contributed by atoms with Gasteiger partial charge < -0.3 is 0 Å². The topological polar surface area (TPSA) is 56.0 Å². The summed E-state index contributed by atoms with van der Waals surface area (Å²) in [7, 11) is 0. The molecule has 1 aromatic heterocycles. The zero-order valence-corrected chi connectivity index (χ0v) is 6.60. The normalized spacial score (nSPS) is 10.2. The Morgan fingerprint density at radius 2 is 2.38 bits per heavy atom. The Hall–Kier alpha value is -1.97. The number of hydrogen-bond acceptors (Lipinski definition) is 3. The number of rotatable bonds is 1. The third kappa shape index (κ3) is 1.33. The van der Waals surface area contributed by atoms with Gasteiger partial charge in [0.05, 0.1) is 10.4 Å². The average molecular weight is 173 g/mol. The second kappa shape index (κ2) is 2.82. The number of pyridine rings is 1. The molecule has 1 radical (unpaired) electrons. The number of aromatic nitrogens is 1. The largest absolute Gasteiger partial charge is 0.288 e. The second-order valence-electron chi connectivity index (χ2n) is 2.57. The van der Waals surface area contributed by atoms with Crippen LogP contribution >= 0.6 is 0 Å². The van der Waals surface area contributed by atoms with E-state index < -0.39 is 4.92 Å². The summed E-state index contributed by atoms with van der Waals surface area (Å²) in [5.41, 5.74) is 0.747. The molecule has 0 atom stereocenters. The monoisotopic (exact) mass is 173 g/mol. The first-order chi connectivity index (χ1) is 6.27. The lowest BCUT2D eigenvalue weighted by Gasteiger charge is -1.94. The zero-order valence-electron chi connectivity index (χ0n) is 6.60. The van der Waals surface area contributed by atoms with E-state index in [0.29, 0.717) is 0 Å². The first-order valence-electron chi connectivity index (χ1n) is 3.67. The van der Waals surface area contributed by atoms with Gasteiger partial charge in [-0.2, -0.15) is 0 Å². The van der Waals surface area contributed by atoms with E-state index in [9.17, 15) is 10.1 Å². The van der Waals surface area contributed by atoms with Crippen molar-refractivity contribution in [3.05, 3.63) is 46.6 Å². The molecule has 1 heterocycles. The third-order valence-electron chi connectivity index (χ3n) is 1.72. The van der Waals surface area contributed by atoms with Gasteiger partial charge in [-0.3, -0.25) is 10.1 Å². The molecular weight excluding hydrogens is 168 g/mol. The van der Waals surface area contributed by atoms with E-state index in [2.05, 4.69) is 11.1 Å². The van der Waals surface area contributed by atoms with Crippen LogP contribution in [0.4, 0.5) is 5.69 Å². The highest BCUT2D eigenvalue weighted by molar-refractivity contribution is 5.79. The summed E-state index contributed by atoms with van der Waals surface area (Å²) >= 11 is 0. The molecule has 0 bridgehead atoms. The lowest BCUT2D eigenvalue weighted by Crippen LogP contribution is -1.89. The highest BCUT2D eigenvalue weighted by Crippen LogP contribution is 2.16. The fourth-order valence-electron chi connectivity index (χ4n) is 1.10. The Morgan fingerprint density at radius 1 is 1.54 bits per heavy atom. The average Bonchev–Trinajstić information content (AvgIpc) is 2.17. The summed E-state index contributed by atoms with van der Waals surface area (Å²) in [4.78, 5) is 13.9. The van der Waals surface area contributed by atoms with Crippen LogP contribution in [0.5, 0.6) is 0 Å². The van der Waals surface area contributed by atoms with Crippen LogP contribution in [-0.2, 0) is 0 Å². The molecule has 0 saturated heterocycles. The molecule has 0 N–H and O–H groups in total. The van der Waals surface area contributed by atoms with Crippen molar-refractivity contribution in [3.8, 4) is 0 Å². The van der Waals surface area contributed by atoms with Crippen molar-refractivity contribution >= 4 is 16.6 Å². The van der Waals surface area contributed by atoms with Crippen LogP contribution in [0.15, 0.2) is 30.5 Å². The van der Waals surface area contributed by atoms with Crippen LogP contribution in [0.25, 0.3) is 10.9 Å². The number of benzene rings is 1. The lowest BCUT2D eigenvalue weighted by atomic mass is 10.2. The molecule has 2 rings (SSSR count). The van der Waals surface area contributed by atoms with Crippen molar-refractivity contribution in [2.75, 3.05) is 0 Å². The Balaban J connectivity index is 2.69. The van der Waals surface area contributed by atoms with Crippen molar-refractivity contribution in [1.29, 1.82) is 0 Å². The van der Waals surface area contributed by atoms with Gasteiger partial charge in [-0.25, -0.2) is 4.98 Å². The van der Waals surface area contributed by atoms with E-state index in [1.54, 1.807) is 18.2 Å². The number of nitro groups is 1. The molecule has 1 aromatic carbocycles. The third-order valence-corrected chi connectivity index (χ3v) is 1.72. The van der Waals surface area contributed by atoms with Crippen molar-refractivity contribution < 1.29 is 4.92 Å². The maximum atomic E-state index is 10.4. The molecule has 0 aliphatic rings. The number of hydrogen-bond donors (Lipinski definition) is 0. The van der Waals surface area contributed by atoms with E-state index in [1.807, 2.05) is 0 Å². The Morgan fingerprint density at radius 3 is 3.15 bits per heavy atom. The summed E-state index contributed by atoms with van der Waals surface area (Å²) in [6.45, 7) is 0. The molecule has 2 aromatic rings. The number of nitrogens with zero attached hydrogens (tertiary/aromatic N) is 2. The quantitative estimate of drug-likeness (QED) is 0.489. The van der Waals surface area contributed by atoms with Gasteiger partial charge in [0.1, 0.15) is 6.20 Å². The Kier molecular flexibility index (Phi) is 1.66. The van der Waals surface area contributed by atoms with Crippen LogP contribution in [0.1, 0.15) is 0 Å². The number of fused-ring (bicyclic) bond motifs is 1. The maximum absolute atomic E-state index is 10.4. The van der Waals surface area contributed by atoms with Crippen molar-refractivity contribution in [2.45, 2.75) is 0 Å². The molecule has 0 saturated carbocycles. The lowest BCUT2D eigenvalue weighted by molar-refractivity contribution is -0.385. The summed E-state index contributed by atoms with van der Waals surface area (Å²) in [6, 6.07) is 9.49. The Labute approximate surface area is 74.0 Å². The summed E-state index contributed by atoms with van der Waals surface area (Å²) in [5.74, 6) is 0. The predicted octanol–water partition coefficient (Wildman–Crippen LogP) is 1.94. The SMILES string of the molecule is O=[N+]([O-])c1cnc2cc[c]cc2c1. The van der Waals surface area contributed by atoms with Crippen LogP contribution < -0.4 is 0 Å². The first-order valence-corrected chi connectivity index (χ1v) is 3.67. The summed E-state index contributed by atoms with van der Waals surface area (Å²) in [6.07, 6.45) is 1.25. The molecule has 63 valence electrons. The van der Waals surface area contributed by atoms with E-state index in [4.69, 9.17) is 0 Å². The first kappa shape index (κ1) is 7.67. The zero-order chi connectivity index (χ0) is 9.26. The van der Waals surface area contributed by atoms with Gasteiger partial charge in [0, 0.05) is 11.5 Å². The summed E-state index contributed by atoms with van der Waals surface area (Å²) < 4.78 is 0. The Bertz CT molecular complexity index is 468. The van der Waals surface area contributed by atoms with Gasteiger partial charge in [-0.15, -0.1) is 0 Å². The molecule has 4 nitrogen and oxygen atoms in total. The molecule has 0 unspecified atom stereocenters. The van der Waals surface area contributed by atoms with E-state index in [-0.39, 0.29) is 5.69 Å². The fraction of sp³-hybridized carbons (Fsp3) is 0. The van der Waals surface area contributed by atoms with Crippen LogP contribution in [0.3, 0.4) is 0 Å². The van der Waals surface area contributed by atoms with Gasteiger partial charge in [0.15, 0.2) is 0 Å². The van der Waals surface area contributed by atoms with E-state index >= 15 is 0 Å². The van der Waals surface area contributed by atoms with Crippen LogP contribution in [-0.4, -0.2) is 9.91 Å². The van der Waals surface area contributed by atoms with Crippen LogP contribution in [0.2, 0.25) is 0 Å². The van der Waals surface area contributed by atoms with Gasteiger partial charge in [-0.1, -0.05) is 6.07 Å². The maximum Gasteiger partial charge on any atom is 0.288 e. The van der Waals surface area contributed by atoms with Gasteiger partial charge in [0.25, 0.3) is 5.69 Å². The summed E-state index contributed by atoms with van der Waals surface area (Å²) in [5, 5.41) is 11.1. The highest BCUT2D eigenvalue weighted by atomic mass is 16.6. The standard InChI is InChI=1S/C9H5N2O2/c12-11(13)8-5-7-3-1-2-4-9(7)10-6-8/h2-6H. The van der Waals surface area contributed by atoms with E-state index in [0.717, 1.165) is 10.9 Å². The predicted molar refractivity (Wildman–Crippen MR) is 47.2 cm³/mol. The fourth-order valence-corrected chi connectivity index (χ4v) is 1.10. The molecule has 0 aliphatic heterocycles. The molecule has 0 spiro atoms.